The fourth-order valence-electron chi connectivity index (χ4n) is 2.96. The van der Waals surface area contributed by atoms with Gasteiger partial charge in [0.25, 0.3) is 5.91 Å². The first-order chi connectivity index (χ1) is 11.8. The van der Waals surface area contributed by atoms with Crippen molar-refractivity contribution >= 4 is 27.3 Å². The van der Waals surface area contributed by atoms with Crippen LogP contribution in [0.4, 0.5) is 0 Å². The maximum Gasteiger partial charge on any atom is 0.316 e. The summed E-state index contributed by atoms with van der Waals surface area (Å²) < 4.78 is 6.96. The number of likely N-dealkylation sites (tertiary alicyclic amines) is 1. The van der Waals surface area contributed by atoms with Crippen molar-refractivity contribution in [3.63, 3.8) is 0 Å². The van der Waals surface area contributed by atoms with Crippen LogP contribution < -0.4 is 4.74 Å². The number of benzene rings is 1. The topological polar surface area (TPSA) is 55.3 Å². The van der Waals surface area contributed by atoms with Gasteiger partial charge in [0.05, 0.1) is 11.4 Å². The van der Waals surface area contributed by atoms with Crippen LogP contribution in [0, 0.1) is 0 Å². The van der Waals surface area contributed by atoms with Gasteiger partial charge in [0.2, 0.25) is 0 Å². The molecule has 0 unspecified atom stereocenters. The zero-order valence-electron chi connectivity index (χ0n) is 13.1. The van der Waals surface area contributed by atoms with E-state index >= 15 is 0 Å². The van der Waals surface area contributed by atoms with Gasteiger partial charge in [0.1, 0.15) is 6.10 Å². The van der Waals surface area contributed by atoms with Crippen LogP contribution in [0.5, 0.6) is 6.01 Å². The minimum absolute atomic E-state index is 0.0560. The van der Waals surface area contributed by atoms with Crippen LogP contribution in [0.1, 0.15) is 22.5 Å². The summed E-state index contributed by atoms with van der Waals surface area (Å²) in [6.45, 7) is 1.34. The van der Waals surface area contributed by atoms with E-state index < -0.39 is 0 Å². The first-order valence-electron chi connectivity index (χ1n) is 8.01. The van der Waals surface area contributed by atoms with Gasteiger partial charge in [0.15, 0.2) is 0 Å². The molecule has 1 aliphatic rings. The number of hydrogen-bond donors (Lipinski definition) is 0. The summed E-state index contributed by atoms with van der Waals surface area (Å²) in [4.78, 5) is 23.7. The molecule has 3 aromatic rings. The fourth-order valence-corrected chi connectivity index (χ4v) is 3.99. The molecule has 0 aliphatic carbocycles. The molecule has 1 aliphatic heterocycles. The number of carbonyl (C=O) groups excluding carboxylic acids is 1. The Labute approximate surface area is 143 Å². The predicted molar refractivity (Wildman–Crippen MR) is 93.4 cm³/mol. The van der Waals surface area contributed by atoms with E-state index in [9.17, 15) is 4.79 Å². The first-order valence-corrected chi connectivity index (χ1v) is 8.83. The Morgan fingerprint density at radius 1 is 1.21 bits per heavy atom. The molecule has 24 heavy (non-hydrogen) atoms. The van der Waals surface area contributed by atoms with E-state index in [1.807, 2.05) is 35.2 Å². The average molecular weight is 339 g/mol. The van der Waals surface area contributed by atoms with Crippen LogP contribution in [-0.4, -0.2) is 40.0 Å². The Balaban J connectivity index is 1.48. The van der Waals surface area contributed by atoms with Crippen LogP contribution in [-0.2, 0) is 0 Å². The number of rotatable bonds is 3. The number of hydrogen-bond acceptors (Lipinski definition) is 5. The Kier molecular flexibility index (Phi) is 4.13. The Hall–Kier alpha value is -2.47. The molecule has 1 aromatic carbocycles. The minimum Gasteiger partial charge on any atom is -0.458 e. The molecule has 4 rings (SSSR count). The lowest BCUT2D eigenvalue weighted by molar-refractivity contribution is 0.0520. The smallest absolute Gasteiger partial charge is 0.316 e. The van der Waals surface area contributed by atoms with Gasteiger partial charge in [-0.15, -0.1) is 11.3 Å². The van der Waals surface area contributed by atoms with Crippen LogP contribution in [0.15, 0.2) is 48.8 Å². The highest BCUT2D eigenvalue weighted by Gasteiger charge is 2.27. The van der Waals surface area contributed by atoms with Gasteiger partial charge in [0, 0.05) is 23.6 Å². The molecule has 1 amide bonds. The average Bonchev–Trinajstić information content (AvgIpc) is 3.06. The maximum absolute atomic E-state index is 12.8. The number of thiophene rings is 1. The number of piperidine rings is 1. The van der Waals surface area contributed by atoms with Crippen molar-refractivity contribution < 1.29 is 9.53 Å². The van der Waals surface area contributed by atoms with Crippen molar-refractivity contribution in [2.75, 3.05) is 13.1 Å². The van der Waals surface area contributed by atoms with Crippen molar-refractivity contribution in [2.24, 2.45) is 0 Å². The summed E-state index contributed by atoms with van der Waals surface area (Å²) >= 11 is 1.55. The van der Waals surface area contributed by atoms with Gasteiger partial charge in [-0.05, 0) is 36.4 Å². The second-order valence-electron chi connectivity index (χ2n) is 5.81. The molecule has 122 valence electrons. The van der Waals surface area contributed by atoms with Crippen LogP contribution >= 0.6 is 11.3 Å². The predicted octanol–water partition coefficient (Wildman–Crippen LogP) is 3.37. The van der Waals surface area contributed by atoms with Crippen molar-refractivity contribution in [1.29, 1.82) is 0 Å². The lowest BCUT2D eigenvalue weighted by atomic mass is 10.1. The van der Waals surface area contributed by atoms with Crippen molar-refractivity contribution in [3.8, 4) is 6.01 Å². The summed E-state index contributed by atoms with van der Waals surface area (Å²) in [5.41, 5.74) is 0. The largest absolute Gasteiger partial charge is 0.458 e. The lowest BCUT2D eigenvalue weighted by Crippen LogP contribution is -2.44. The molecule has 0 radical (unpaired) electrons. The zero-order chi connectivity index (χ0) is 16.4. The molecular formula is C18H17N3O2S. The molecule has 1 saturated heterocycles. The van der Waals surface area contributed by atoms with E-state index in [1.165, 1.54) is 0 Å². The SMILES string of the molecule is O=C(c1cc2ccccc2s1)N1CCC[C@H](Oc2ncccn2)C1. The second kappa shape index (κ2) is 6.57. The number of amides is 1. The second-order valence-corrected chi connectivity index (χ2v) is 6.90. The van der Waals surface area contributed by atoms with Crippen LogP contribution in [0.3, 0.4) is 0 Å². The molecule has 0 bridgehead atoms. The highest BCUT2D eigenvalue weighted by atomic mass is 32.1. The van der Waals surface area contributed by atoms with E-state index in [4.69, 9.17) is 4.74 Å². The molecule has 1 fully saturated rings. The molecule has 0 saturated carbocycles. The van der Waals surface area contributed by atoms with Crippen LogP contribution in [0.2, 0.25) is 0 Å². The van der Waals surface area contributed by atoms with Crippen molar-refractivity contribution in [1.82, 2.24) is 14.9 Å². The van der Waals surface area contributed by atoms with Gasteiger partial charge in [-0.2, -0.15) is 0 Å². The summed E-state index contributed by atoms with van der Waals surface area (Å²) in [6, 6.07) is 12.2. The monoisotopic (exact) mass is 339 g/mol. The van der Waals surface area contributed by atoms with Crippen LogP contribution in [0.25, 0.3) is 10.1 Å². The highest BCUT2D eigenvalue weighted by molar-refractivity contribution is 7.20. The number of ether oxygens (including phenoxy) is 1. The fraction of sp³-hybridized carbons (Fsp3) is 0.278. The third-order valence-corrected chi connectivity index (χ3v) is 5.22. The molecule has 3 heterocycles. The lowest BCUT2D eigenvalue weighted by Gasteiger charge is -2.32. The van der Waals surface area contributed by atoms with E-state index in [2.05, 4.69) is 9.97 Å². The first kappa shape index (κ1) is 15.1. The van der Waals surface area contributed by atoms with E-state index in [0.717, 1.165) is 34.3 Å². The summed E-state index contributed by atoms with van der Waals surface area (Å²) in [5, 5.41) is 1.12. The van der Waals surface area contributed by atoms with Gasteiger partial charge >= 0.3 is 6.01 Å². The molecule has 1 atom stereocenters. The van der Waals surface area contributed by atoms with Crippen molar-refractivity contribution in [3.05, 3.63) is 53.7 Å². The van der Waals surface area contributed by atoms with E-state index in [-0.39, 0.29) is 12.0 Å². The summed E-state index contributed by atoms with van der Waals surface area (Å²) in [7, 11) is 0. The number of carbonyl (C=O) groups is 1. The quantitative estimate of drug-likeness (QED) is 0.734. The Bertz CT molecular complexity index is 817. The third-order valence-electron chi connectivity index (χ3n) is 4.12. The van der Waals surface area contributed by atoms with Gasteiger partial charge in [-0.1, -0.05) is 18.2 Å². The summed E-state index contributed by atoms with van der Waals surface area (Å²) in [5.74, 6) is 0.0819. The van der Waals surface area contributed by atoms with Gasteiger partial charge in [-0.25, -0.2) is 9.97 Å². The maximum atomic E-state index is 12.8. The highest BCUT2D eigenvalue weighted by Crippen LogP contribution is 2.27. The molecule has 6 heteroatoms. The minimum atomic E-state index is -0.0560. The van der Waals surface area contributed by atoms with Gasteiger partial charge in [-0.3, -0.25) is 4.79 Å². The van der Waals surface area contributed by atoms with Crippen molar-refractivity contribution in [2.45, 2.75) is 18.9 Å². The Morgan fingerprint density at radius 3 is 2.88 bits per heavy atom. The normalized spacial score (nSPS) is 17.8. The third kappa shape index (κ3) is 3.10. The summed E-state index contributed by atoms with van der Waals surface area (Å²) in [6.07, 6.45) is 5.10. The Morgan fingerprint density at radius 2 is 2.04 bits per heavy atom. The number of aromatic nitrogens is 2. The number of nitrogens with zero attached hydrogens (tertiary/aromatic N) is 3. The zero-order valence-corrected chi connectivity index (χ0v) is 13.9. The molecular weight excluding hydrogens is 322 g/mol. The van der Waals surface area contributed by atoms with Gasteiger partial charge < -0.3 is 9.64 Å². The number of fused-ring (bicyclic) bond motifs is 1. The van der Waals surface area contributed by atoms with E-state index in [0.29, 0.717) is 12.6 Å². The molecule has 0 spiro atoms. The molecule has 0 N–H and O–H groups in total. The molecule has 2 aromatic heterocycles. The standard InChI is InChI=1S/C18H17N3O2S/c22-17(16-11-13-5-1-2-7-15(13)24-16)21-10-3-6-14(12-21)23-18-19-8-4-9-20-18/h1-2,4-5,7-9,11,14H,3,6,10,12H2/t14-/m0/s1. The molecule has 5 nitrogen and oxygen atoms in total. The van der Waals surface area contributed by atoms with E-state index in [1.54, 1.807) is 29.8 Å².